The number of carbonyl (C=O) groups is 1. The minimum Gasteiger partial charge on any atom is -0.468 e. The number of rotatable bonds is 9. The summed E-state index contributed by atoms with van der Waals surface area (Å²) in [6.07, 6.45) is 1.72. The molecule has 0 saturated carbocycles. The Morgan fingerprint density at radius 3 is 2.19 bits per heavy atom. The summed E-state index contributed by atoms with van der Waals surface area (Å²) in [5, 5.41) is 0. The van der Waals surface area contributed by atoms with E-state index in [1.807, 2.05) is 61.5 Å². The Balaban J connectivity index is 2.52. The molecule has 26 heavy (non-hydrogen) atoms. The van der Waals surface area contributed by atoms with Crippen LogP contribution in [0.4, 0.5) is 0 Å². The maximum atomic E-state index is 12.8. The van der Waals surface area contributed by atoms with Gasteiger partial charge in [0.15, 0.2) is 6.79 Å². The molecule has 2 rings (SSSR count). The van der Waals surface area contributed by atoms with Crippen molar-refractivity contribution in [2.45, 2.75) is 26.7 Å². The van der Waals surface area contributed by atoms with Gasteiger partial charge in [-0.2, -0.15) is 0 Å². The van der Waals surface area contributed by atoms with Crippen LogP contribution in [-0.4, -0.2) is 26.5 Å². The highest BCUT2D eigenvalue weighted by Crippen LogP contribution is 2.32. The van der Waals surface area contributed by atoms with Crippen LogP contribution in [0.25, 0.3) is 11.1 Å². The highest BCUT2D eigenvalue weighted by atomic mass is 16.7. The number of ether oxygens (including phenoxy) is 3. The van der Waals surface area contributed by atoms with Crippen molar-refractivity contribution in [1.29, 1.82) is 0 Å². The van der Waals surface area contributed by atoms with Crippen LogP contribution in [0.5, 0.6) is 5.75 Å². The smallest absolute Gasteiger partial charge is 0.339 e. The maximum Gasteiger partial charge on any atom is 0.339 e. The van der Waals surface area contributed by atoms with Crippen LogP contribution in [-0.2, 0) is 14.3 Å². The molecule has 0 aliphatic carbocycles. The summed E-state index contributed by atoms with van der Waals surface area (Å²) in [6, 6.07) is 17.4. The molecule has 0 fully saturated rings. The number of benzene rings is 2. The molecule has 4 heteroatoms. The van der Waals surface area contributed by atoms with Crippen molar-refractivity contribution >= 4 is 17.1 Å². The number of allylic oxidation sites excluding steroid dienone is 1. The van der Waals surface area contributed by atoms with E-state index < -0.39 is 0 Å². The van der Waals surface area contributed by atoms with Crippen LogP contribution in [0.1, 0.15) is 37.8 Å². The molecule has 2 aromatic carbocycles. The van der Waals surface area contributed by atoms with Gasteiger partial charge in [0.1, 0.15) is 5.75 Å². The normalized spacial score (nSPS) is 11.7. The number of hydrogen-bond donors (Lipinski definition) is 0. The average Bonchev–Trinajstić information content (AvgIpc) is 2.68. The van der Waals surface area contributed by atoms with Crippen molar-refractivity contribution in [2.24, 2.45) is 0 Å². The highest BCUT2D eigenvalue weighted by Gasteiger charge is 2.20. The van der Waals surface area contributed by atoms with Gasteiger partial charge in [0.25, 0.3) is 0 Å². The van der Waals surface area contributed by atoms with E-state index in [1.165, 1.54) is 0 Å². The first-order valence-electron chi connectivity index (χ1n) is 8.89. The molecule has 0 N–H and O–H groups in total. The number of esters is 1. The number of hydrogen-bond acceptors (Lipinski definition) is 4. The molecule has 0 aliphatic rings. The molecule has 0 radical (unpaired) electrons. The Morgan fingerprint density at radius 1 is 0.923 bits per heavy atom. The number of methoxy groups -OCH3 is 1. The van der Waals surface area contributed by atoms with Crippen LogP contribution in [0.2, 0.25) is 0 Å². The molecule has 0 aromatic heterocycles. The van der Waals surface area contributed by atoms with Crippen molar-refractivity contribution < 1.29 is 19.0 Å². The van der Waals surface area contributed by atoms with E-state index in [0.717, 1.165) is 29.5 Å². The molecule has 0 amide bonds. The van der Waals surface area contributed by atoms with Crippen molar-refractivity contribution in [3.63, 3.8) is 0 Å². The second kappa shape index (κ2) is 10.4. The quantitative estimate of drug-likeness (QED) is 0.277. The van der Waals surface area contributed by atoms with Crippen LogP contribution in [0.15, 0.2) is 54.6 Å². The minimum absolute atomic E-state index is 0.186. The van der Waals surface area contributed by atoms with Gasteiger partial charge >= 0.3 is 5.97 Å². The molecule has 0 unspecified atom stereocenters. The second-order valence-electron chi connectivity index (χ2n) is 5.77. The molecular weight excluding hydrogens is 328 g/mol. The summed E-state index contributed by atoms with van der Waals surface area (Å²) < 4.78 is 15.7. The standard InChI is InChI=1S/C22H26O4/c1-4-9-20(17-10-7-6-8-11-17)21(22(23)25-5-2)18-12-14-19(15-13-18)26-16-24-3/h6-8,10-15H,4-5,9,16H2,1-3H3. The lowest BCUT2D eigenvalue weighted by molar-refractivity contribution is -0.136. The lowest BCUT2D eigenvalue weighted by Gasteiger charge is -2.16. The molecule has 0 saturated heterocycles. The zero-order valence-corrected chi connectivity index (χ0v) is 15.7. The van der Waals surface area contributed by atoms with Gasteiger partial charge in [0.05, 0.1) is 12.2 Å². The summed E-state index contributed by atoms with van der Waals surface area (Å²) in [7, 11) is 1.58. The molecule has 0 heterocycles. The van der Waals surface area contributed by atoms with E-state index in [0.29, 0.717) is 17.9 Å². The summed E-state index contributed by atoms with van der Waals surface area (Å²) in [5.41, 5.74) is 3.47. The maximum absolute atomic E-state index is 12.8. The third kappa shape index (κ3) is 5.20. The lowest BCUT2D eigenvalue weighted by Crippen LogP contribution is -2.10. The Kier molecular flexibility index (Phi) is 7.90. The van der Waals surface area contributed by atoms with Gasteiger partial charge in [0.2, 0.25) is 0 Å². The van der Waals surface area contributed by atoms with Crippen molar-refractivity contribution in [2.75, 3.05) is 20.5 Å². The van der Waals surface area contributed by atoms with Crippen molar-refractivity contribution in [3.8, 4) is 5.75 Å². The van der Waals surface area contributed by atoms with E-state index >= 15 is 0 Å². The lowest BCUT2D eigenvalue weighted by atomic mass is 9.91. The van der Waals surface area contributed by atoms with Gasteiger partial charge in [-0.05, 0) is 42.2 Å². The molecular formula is C22H26O4. The van der Waals surface area contributed by atoms with Crippen LogP contribution in [0.3, 0.4) is 0 Å². The second-order valence-corrected chi connectivity index (χ2v) is 5.77. The van der Waals surface area contributed by atoms with E-state index in [9.17, 15) is 4.79 Å². The Hall–Kier alpha value is -2.59. The average molecular weight is 354 g/mol. The predicted octanol–water partition coefficient (Wildman–Crippen LogP) is 4.94. The Labute approximate surface area is 155 Å². The summed E-state index contributed by atoms with van der Waals surface area (Å²) in [4.78, 5) is 12.8. The monoisotopic (exact) mass is 354 g/mol. The third-order valence-electron chi connectivity index (χ3n) is 3.89. The van der Waals surface area contributed by atoms with E-state index in [4.69, 9.17) is 14.2 Å². The van der Waals surface area contributed by atoms with Gasteiger partial charge in [-0.3, -0.25) is 0 Å². The zero-order valence-electron chi connectivity index (χ0n) is 15.7. The first-order chi connectivity index (χ1) is 12.7. The Morgan fingerprint density at radius 2 is 1.62 bits per heavy atom. The highest BCUT2D eigenvalue weighted by molar-refractivity contribution is 6.24. The molecule has 0 aliphatic heterocycles. The number of carbonyl (C=O) groups excluding carboxylic acids is 1. The molecule has 138 valence electrons. The third-order valence-corrected chi connectivity index (χ3v) is 3.89. The SMILES string of the molecule is CCCC(=C(C(=O)OCC)c1ccc(OCOC)cc1)c1ccccc1. The first-order valence-corrected chi connectivity index (χ1v) is 8.89. The minimum atomic E-state index is -0.301. The van der Waals surface area contributed by atoms with Crippen molar-refractivity contribution in [1.82, 2.24) is 0 Å². The van der Waals surface area contributed by atoms with E-state index in [1.54, 1.807) is 7.11 Å². The van der Waals surface area contributed by atoms with Crippen LogP contribution < -0.4 is 4.74 Å². The molecule has 0 bridgehead atoms. The molecule has 0 atom stereocenters. The molecule has 4 nitrogen and oxygen atoms in total. The van der Waals surface area contributed by atoms with Crippen LogP contribution in [0, 0.1) is 0 Å². The fourth-order valence-electron chi connectivity index (χ4n) is 2.77. The van der Waals surface area contributed by atoms with Crippen molar-refractivity contribution in [3.05, 3.63) is 65.7 Å². The summed E-state index contributed by atoms with van der Waals surface area (Å²) in [6.45, 7) is 4.45. The van der Waals surface area contributed by atoms with Gasteiger partial charge in [-0.1, -0.05) is 55.8 Å². The first kappa shape index (κ1) is 19.7. The molecule has 0 spiro atoms. The van der Waals surface area contributed by atoms with E-state index in [2.05, 4.69) is 6.92 Å². The van der Waals surface area contributed by atoms with Gasteiger partial charge in [-0.25, -0.2) is 4.79 Å². The van der Waals surface area contributed by atoms with E-state index in [-0.39, 0.29) is 12.8 Å². The van der Waals surface area contributed by atoms with Gasteiger partial charge in [0, 0.05) is 7.11 Å². The largest absolute Gasteiger partial charge is 0.468 e. The van der Waals surface area contributed by atoms with Crippen LogP contribution >= 0.6 is 0 Å². The fourth-order valence-corrected chi connectivity index (χ4v) is 2.77. The summed E-state index contributed by atoms with van der Waals surface area (Å²) in [5.74, 6) is 0.390. The fraction of sp³-hybridized carbons (Fsp3) is 0.318. The zero-order chi connectivity index (χ0) is 18.8. The van der Waals surface area contributed by atoms with Gasteiger partial charge in [-0.15, -0.1) is 0 Å². The predicted molar refractivity (Wildman–Crippen MR) is 104 cm³/mol. The molecule has 2 aromatic rings. The summed E-state index contributed by atoms with van der Waals surface area (Å²) >= 11 is 0. The topological polar surface area (TPSA) is 44.8 Å². The Bertz CT molecular complexity index is 718. The van der Waals surface area contributed by atoms with Gasteiger partial charge < -0.3 is 14.2 Å².